The third-order valence-corrected chi connectivity index (χ3v) is 13.8. The fourth-order valence-corrected chi connectivity index (χ4v) is 11.3. The molecule has 0 aromatic heterocycles. The highest BCUT2D eigenvalue weighted by atomic mass is 31.2. The van der Waals surface area contributed by atoms with Crippen LogP contribution in [-0.4, -0.2) is 14.2 Å². The SMILES string of the molecule is COC(c1ccccc1C(OC)P(=O)(c1ccccc1)c1ccccc1)P(=O)(c1ccccc1)c1ccccc1. The molecule has 2 atom stereocenters. The summed E-state index contributed by atoms with van der Waals surface area (Å²) in [5, 5.41) is 2.74. The summed E-state index contributed by atoms with van der Waals surface area (Å²) in [5.74, 6) is -1.68. The molecular weight excluding hydrogens is 534 g/mol. The normalized spacial score (nSPS) is 13.4. The fraction of sp³-hybridized carbons (Fsp3) is 0.118. The van der Waals surface area contributed by atoms with Crippen LogP contribution in [0.4, 0.5) is 0 Å². The summed E-state index contributed by atoms with van der Waals surface area (Å²) in [6.45, 7) is 0. The molecule has 0 saturated heterocycles. The van der Waals surface area contributed by atoms with Crippen molar-refractivity contribution in [1.82, 2.24) is 0 Å². The maximum atomic E-state index is 15.4. The van der Waals surface area contributed by atoms with Crippen LogP contribution < -0.4 is 21.2 Å². The summed E-state index contributed by atoms with van der Waals surface area (Å²) in [6, 6.07) is 45.4. The summed E-state index contributed by atoms with van der Waals surface area (Å²) in [5.41, 5.74) is 1.36. The molecule has 6 heteroatoms. The van der Waals surface area contributed by atoms with E-state index in [1.54, 1.807) is 14.2 Å². The van der Waals surface area contributed by atoms with Crippen LogP contribution in [0.2, 0.25) is 0 Å². The second kappa shape index (κ2) is 12.3. The van der Waals surface area contributed by atoms with Crippen LogP contribution >= 0.6 is 14.3 Å². The number of benzene rings is 5. The Bertz CT molecular complexity index is 1410. The highest BCUT2D eigenvalue weighted by Crippen LogP contribution is 2.62. The molecule has 0 bridgehead atoms. The van der Waals surface area contributed by atoms with Crippen molar-refractivity contribution in [3.05, 3.63) is 157 Å². The van der Waals surface area contributed by atoms with E-state index in [-0.39, 0.29) is 0 Å². The third kappa shape index (κ3) is 5.05. The monoisotopic (exact) mass is 566 g/mol. The predicted octanol–water partition coefficient (Wildman–Crippen LogP) is 7.00. The number of hydrogen-bond acceptors (Lipinski definition) is 4. The zero-order valence-electron chi connectivity index (χ0n) is 22.5. The molecule has 0 aliphatic rings. The molecule has 0 amide bonds. The molecule has 5 rings (SSSR count). The summed E-state index contributed by atoms with van der Waals surface area (Å²) in [4.78, 5) is 0. The van der Waals surface area contributed by atoms with Crippen molar-refractivity contribution >= 4 is 35.5 Å². The smallest absolute Gasteiger partial charge is 0.174 e. The van der Waals surface area contributed by atoms with Crippen molar-refractivity contribution in [2.24, 2.45) is 0 Å². The van der Waals surface area contributed by atoms with Crippen molar-refractivity contribution in [3.8, 4) is 0 Å². The van der Waals surface area contributed by atoms with Gasteiger partial charge in [0.2, 0.25) is 0 Å². The fourth-order valence-electron chi connectivity index (χ4n) is 5.34. The van der Waals surface area contributed by atoms with Gasteiger partial charge in [0, 0.05) is 35.4 Å². The van der Waals surface area contributed by atoms with Crippen LogP contribution in [0.1, 0.15) is 22.8 Å². The van der Waals surface area contributed by atoms with Gasteiger partial charge in [-0.3, -0.25) is 0 Å². The molecule has 0 saturated carbocycles. The standard InChI is InChI=1S/C34H32O4P2/c1-37-33(39(35,27-17-7-3-8-18-27)28-19-9-4-10-20-28)31-25-15-16-26-32(31)34(38-2)40(36,29-21-11-5-12-22-29)30-23-13-6-14-24-30/h3-26,33-34H,1-2H3. The first-order valence-corrected chi connectivity index (χ1v) is 16.7. The molecule has 0 fully saturated rings. The van der Waals surface area contributed by atoms with Crippen LogP contribution in [0.3, 0.4) is 0 Å². The highest BCUT2D eigenvalue weighted by molar-refractivity contribution is 7.79. The van der Waals surface area contributed by atoms with Gasteiger partial charge in [-0.15, -0.1) is 0 Å². The van der Waals surface area contributed by atoms with Crippen molar-refractivity contribution in [2.45, 2.75) is 11.7 Å². The number of ether oxygens (including phenoxy) is 2. The molecule has 40 heavy (non-hydrogen) atoms. The lowest BCUT2D eigenvalue weighted by atomic mass is 10.1. The van der Waals surface area contributed by atoms with Gasteiger partial charge >= 0.3 is 0 Å². The summed E-state index contributed by atoms with van der Waals surface area (Å²) in [7, 11) is -3.64. The first-order chi connectivity index (χ1) is 19.5. The minimum atomic E-state index is -3.40. The molecule has 0 aliphatic heterocycles. The van der Waals surface area contributed by atoms with Crippen molar-refractivity contribution < 1.29 is 18.6 Å². The van der Waals surface area contributed by atoms with E-state index in [4.69, 9.17) is 9.47 Å². The Labute approximate surface area is 236 Å². The maximum absolute atomic E-state index is 15.4. The van der Waals surface area contributed by atoms with E-state index in [1.807, 2.05) is 146 Å². The second-order valence-corrected chi connectivity index (χ2v) is 15.1. The molecule has 2 unspecified atom stereocenters. The molecule has 202 valence electrons. The lowest BCUT2D eigenvalue weighted by Crippen LogP contribution is -2.26. The average molecular weight is 567 g/mol. The van der Waals surface area contributed by atoms with Crippen LogP contribution in [0, 0.1) is 0 Å². The zero-order valence-corrected chi connectivity index (χ0v) is 24.3. The summed E-state index contributed by atoms with van der Waals surface area (Å²) >= 11 is 0. The van der Waals surface area contributed by atoms with E-state index in [0.29, 0.717) is 32.3 Å². The Balaban J connectivity index is 1.76. The van der Waals surface area contributed by atoms with E-state index in [1.165, 1.54) is 0 Å². The Morgan fingerprint density at radius 3 is 0.850 bits per heavy atom. The zero-order chi connectivity index (χ0) is 28.0. The molecule has 0 spiro atoms. The lowest BCUT2D eigenvalue weighted by molar-refractivity contribution is 0.149. The average Bonchev–Trinajstić information content (AvgIpc) is 3.04. The minimum Gasteiger partial charge on any atom is -0.368 e. The Kier molecular flexibility index (Phi) is 8.64. The molecule has 5 aromatic carbocycles. The summed E-state index contributed by atoms with van der Waals surface area (Å²) in [6.07, 6.45) is 0. The van der Waals surface area contributed by atoms with Gasteiger partial charge in [-0.1, -0.05) is 146 Å². The van der Waals surface area contributed by atoms with E-state index < -0.39 is 26.0 Å². The van der Waals surface area contributed by atoms with E-state index in [0.717, 1.165) is 0 Å². The van der Waals surface area contributed by atoms with E-state index in [9.17, 15) is 0 Å². The maximum Gasteiger partial charge on any atom is 0.174 e. The van der Waals surface area contributed by atoms with Crippen molar-refractivity contribution in [3.63, 3.8) is 0 Å². The van der Waals surface area contributed by atoms with Crippen LogP contribution in [0.5, 0.6) is 0 Å². The van der Waals surface area contributed by atoms with Crippen LogP contribution in [0.25, 0.3) is 0 Å². The van der Waals surface area contributed by atoms with E-state index >= 15 is 9.13 Å². The molecule has 0 radical (unpaired) electrons. The van der Waals surface area contributed by atoms with Crippen LogP contribution in [0.15, 0.2) is 146 Å². The topological polar surface area (TPSA) is 52.6 Å². The van der Waals surface area contributed by atoms with Gasteiger partial charge in [-0.2, -0.15) is 0 Å². The molecule has 0 aliphatic carbocycles. The number of methoxy groups -OCH3 is 2. The van der Waals surface area contributed by atoms with Gasteiger partial charge < -0.3 is 18.6 Å². The second-order valence-electron chi connectivity index (χ2n) is 9.46. The Morgan fingerprint density at radius 1 is 0.400 bits per heavy atom. The number of rotatable bonds is 10. The third-order valence-electron chi connectivity index (χ3n) is 7.19. The molecular formula is C34H32O4P2. The molecule has 0 N–H and O–H groups in total. The molecule has 4 nitrogen and oxygen atoms in total. The number of hydrogen-bond donors (Lipinski definition) is 0. The molecule has 5 aromatic rings. The highest BCUT2D eigenvalue weighted by Gasteiger charge is 2.44. The summed E-state index contributed by atoms with van der Waals surface area (Å²) < 4.78 is 43.1. The first kappa shape index (κ1) is 28.0. The van der Waals surface area contributed by atoms with Gasteiger partial charge in [-0.05, 0) is 11.1 Å². The lowest BCUT2D eigenvalue weighted by Gasteiger charge is -2.33. The van der Waals surface area contributed by atoms with Crippen LogP contribution in [-0.2, 0) is 18.6 Å². The first-order valence-electron chi connectivity index (χ1n) is 13.1. The van der Waals surface area contributed by atoms with Gasteiger partial charge in [0.15, 0.2) is 14.3 Å². The van der Waals surface area contributed by atoms with Gasteiger partial charge in [0.05, 0.1) is 0 Å². The van der Waals surface area contributed by atoms with Crippen molar-refractivity contribution in [1.29, 1.82) is 0 Å². The Hall–Kier alpha value is -3.52. The minimum absolute atomic E-state index is 0.681. The Morgan fingerprint density at radius 2 is 0.625 bits per heavy atom. The van der Waals surface area contributed by atoms with Crippen molar-refractivity contribution in [2.75, 3.05) is 14.2 Å². The largest absolute Gasteiger partial charge is 0.368 e. The molecule has 0 heterocycles. The van der Waals surface area contributed by atoms with Gasteiger partial charge in [0.1, 0.15) is 11.7 Å². The van der Waals surface area contributed by atoms with Gasteiger partial charge in [-0.25, -0.2) is 0 Å². The van der Waals surface area contributed by atoms with Gasteiger partial charge in [0.25, 0.3) is 0 Å². The quantitative estimate of drug-likeness (QED) is 0.171. The van der Waals surface area contributed by atoms with E-state index in [2.05, 4.69) is 0 Å². The predicted molar refractivity (Wildman–Crippen MR) is 165 cm³/mol.